The molecule has 0 saturated heterocycles. The number of hydrogen-bond donors (Lipinski definition) is 0. The smallest absolute Gasteiger partial charge is 0.164 e. The maximum absolute atomic E-state index is 6.66. The Bertz CT molecular complexity index is 3200. The van der Waals surface area contributed by atoms with E-state index in [1.807, 2.05) is 84.1 Å². The topological polar surface area (TPSA) is 51.8 Å². The Morgan fingerprint density at radius 3 is 1.62 bits per heavy atom. The Kier molecular flexibility index (Phi) is 7.64. The number of fused-ring (bicyclic) bond motifs is 6. The molecule has 0 bridgehead atoms. The number of thiophene rings is 1. The molecule has 0 fully saturated rings. The van der Waals surface area contributed by atoms with Crippen LogP contribution < -0.4 is 0 Å². The molecule has 0 amide bonds. The highest BCUT2D eigenvalue weighted by atomic mass is 32.1. The van der Waals surface area contributed by atoms with Gasteiger partial charge in [-0.3, -0.25) is 0 Å². The zero-order chi connectivity index (χ0) is 37.0. The number of furan rings is 1. The molecule has 5 heteroatoms. The van der Waals surface area contributed by atoms with E-state index in [0.29, 0.717) is 17.5 Å². The van der Waals surface area contributed by atoms with E-state index in [2.05, 4.69) is 115 Å². The number of aromatic nitrogens is 3. The molecule has 0 spiro atoms. The highest BCUT2D eigenvalue weighted by molar-refractivity contribution is 7.25. The summed E-state index contributed by atoms with van der Waals surface area (Å²) in [6.07, 6.45) is 0. The van der Waals surface area contributed by atoms with Gasteiger partial charge in [-0.15, -0.1) is 11.3 Å². The minimum Gasteiger partial charge on any atom is -0.455 e. The van der Waals surface area contributed by atoms with Crippen molar-refractivity contribution in [3.63, 3.8) is 0 Å². The molecule has 0 aliphatic carbocycles. The van der Waals surface area contributed by atoms with Crippen LogP contribution in [0.5, 0.6) is 0 Å². The first-order chi connectivity index (χ1) is 27.7. The van der Waals surface area contributed by atoms with E-state index in [0.717, 1.165) is 60.9 Å². The van der Waals surface area contributed by atoms with Crippen LogP contribution in [-0.2, 0) is 0 Å². The molecule has 0 aliphatic heterocycles. The SMILES string of the molecule is c1ccc(-c2nc(-c3ccccc3)nc(-c3cccc(-c4cc(-c5cccc(-c6cccc7sc8ccccc8c67)c5)cc5c4oc4ccccc45)c3)n2)cc1. The summed E-state index contributed by atoms with van der Waals surface area (Å²) in [5.74, 6) is 1.87. The van der Waals surface area contributed by atoms with Crippen LogP contribution in [0.2, 0.25) is 0 Å². The van der Waals surface area contributed by atoms with E-state index >= 15 is 0 Å². The standard InChI is InChI=1S/C51H31N3OS/c1-3-14-32(15-4-1)49-52-50(33-16-5-2-6-17-33)54-51(53-49)37-21-12-20-36(29-37)42-30-38(31-43-40-22-7-9-25-44(40)55-48(42)43)34-18-11-19-35(28-34)39-24-13-27-46-47(39)41-23-8-10-26-45(41)56-46/h1-31H. The summed E-state index contributed by atoms with van der Waals surface area (Å²) in [7, 11) is 0. The second-order valence-electron chi connectivity index (χ2n) is 14.0. The molecule has 0 unspecified atom stereocenters. The van der Waals surface area contributed by atoms with E-state index in [-0.39, 0.29) is 0 Å². The molecule has 3 heterocycles. The van der Waals surface area contributed by atoms with E-state index < -0.39 is 0 Å². The van der Waals surface area contributed by atoms with Gasteiger partial charge in [0.2, 0.25) is 0 Å². The molecular formula is C51H31N3OS. The minimum atomic E-state index is 0.611. The molecule has 0 aliphatic rings. The average Bonchev–Trinajstić information content (AvgIpc) is 3.85. The van der Waals surface area contributed by atoms with Gasteiger partial charge in [-0.05, 0) is 70.3 Å². The number of para-hydroxylation sites is 1. The average molecular weight is 734 g/mol. The van der Waals surface area contributed by atoms with Gasteiger partial charge in [0.05, 0.1) is 0 Å². The Morgan fingerprint density at radius 1 is 0.339 bits per heavy atom. The quantitative estimate of drug-likeness (QED) is 0.171. The first kappa shape index (κ1) is 32.2. The fourth-order valence-corrected chi connectivity index (χ4v) is 8.99. The molecule has 0 saturated carbocycles. The maximum atomic E-state index is 6.66. The minimum absolute atomic E-state index is 0.611. The van der Waals surface area contributed by atoms with Crippen molar-refractivity contribution in [1.82, 2.24) is 15.0 Å². The zero-order valence-corrected chi connectivity index (χ0v) is 30.9. The van der Waals surface area contributed by atoms with Crippen LogP contribution >= 0.6 is 11.3 Å². The number of nitrogens with zero attached hydrogens (tertiary/aromatic N) is 3. The third-order valence-corrected chi connectivity index (χ3v) is 11.7. The van der Waals surface area contributed by atoms with Crippen molar-refractivity contribution in [3.05, 3.63) is 188 Å². The molecule has 0 atom stereocenters. The Labute approximate surface area is 327 Å². The lowest BCUT2D eigenvalue weighted by Gasteiger charge is -2.12. The van der Waals surface area contributed by atoms with E-state index in [9.17, 15) is 0 Å². The Morgan fingerprint density at radius 2 is 0.875 bits per heavy atom. The molecule has 262 valence electrons. The van der Waals surface area contributed by atoms with Crippen LogP contribution in [0.4, 0.5) is 0 Å². The van der Waals surface area contributed by atoms with E-state index in [4.69, 9.17) is 19.4 Å². The molecule has 8 aromatic carbocycles. The summed E-state index contributed by atoms with van der Waals surface area (Å²) in [5, 5.41) is 4.77. The fraction of sp³-hybridized carbons (Fsp3) is 0. The van der Waals surface area contributed by atoms with Gasteiger partial charge in [0.15, 0.2) is 17.5 Å². The first-order valence-electron chi connectivity index (χ1n) is 18.7. The first-order valence-corrected chi connectivity index (χ1v) is 19.5. The second-order valence-corrected chi connectivity index (χ2v) is 15.1. The largest absolute Gasteiger partial charge is 0.455 e. The molecule has 3 aromatic heterocycles. The highest BCUT2D eigenvalue weighted by Crippen LogP contribution is 2.43. The van der Waals surface area contributed by atoms with Gasteiger partial charge < -0.3 is 4.42 Å². The van der Waals surface area contributed by atoms with Gasteiger partial charge in [-0.1, -0.05) is 146 Å². The molecule has 4 nitrogen and oxygen atoms in total. The summed E-state index contributed by atoms with van der Waals surface area (Å²) in [5.41, 5.74) is 11.2. The molecule has 0 N–H and O–H groups in total. The van der Waals surface area contributed by atoms with Gasteiger partial charge in [0.25, 0.3) is 0 Å². The normalized spacial score (nSPS) is 11.6. The Hall–Kier alpha value is -7.21. The third-order valence-electron chi connectivity index (χ3n) is 10.5. The summed E-state index contributed by atoms with van der Waals surface area (Å²) < 4.78 is 9.27. The lowest BCUT2D eigenvalue weighted by Crippen LogP contribution is -2.00. The van der Waals surface area contributed by atoms with Crippen molar-refractivity contribution >= 4 is 53.4 Å². The zero-order valence-electron chi connectivity index (χ0n) is 30.1. The lowest BCUT2D eigenvalue weighted by molar-refractivity contribution is 0.670. The van der Waals surface area contributed by atoms with Gasteiger partial charge >= 0.3 is 0 Å². The van der Waals surface area contributed by atoms with Gasteiger partial charge in [-0.25, -0.2) is 15.0 Å². The Balaban J connectivity index is 1.08. The van der Waals surface area contributed by atoms with Crippen LogP contribution in [0.3, 0.4) is 0 Å². The van der Waals surface area contributed by atoms with Crippen molar-refractivity contribution in [1.29, 1.82) is 0 Å². The van der Waals surface area contributed by atoms with Crippen molar-refractivity contribution in [2.75, 3.05) is 0 Å². The molecular weight excluding hydrogens is 703 g/mol. The highest BCUT2D eigenvalue weighted by Gasteiger charge is 2.18. The summed E-state index contributed by atoms with van der Waals surface area (Å²) >= 11 is 1.85. The molecule has 56 heavy (non-hydrogen) atoms. The number of hydrogen-bond acceptors (Lipinski definition) is 5. The predicted molar refractivity (Wildman–Crippen MR) is 233 cm³/mol. The van der Waals surface area contributed by atoms with Crippen LogP contribution in [-0.4, -0.2) is 15.0 Å². The third kappa shape index (κ3) is 5.56. The molecule has 0 radical (unpaired) electrons. The fourth-order valence-electron chi connectivity index (χ4n) is 7.85. The lowest BCUT2D eigenvalue weighted by atomic mass is 9.92. The van der Waals surface area contributed by atoms with Gasteiger partial charge in [0.1, 0.15) is 11.2 Å². The number of rotatable bonds is 6. The van der Waals surface area contributed by atoms with Crippen LogP contribution in [0.25, 0.3) is 110 Å². The molecule has 11 aromatic rings. The summed E-state index contributed by atoms with van der Waals surface area (Å²) in [6, 6.07) is 65.7. The molecule has 11 rings (SSSR count). The van der Waals surface area contributed by atoms with Crippen molar-refractivity contribution < 1.29 is 4.42 Å². The predicted octanol–water partition coefficient (Wildman–Crippen LogP) is 14.1. The summed E-state index contributed by atoms with van der Waals surface area (Å²) in [4.78, 5) is 15.0. The van der Waals surface area contributed by atoms with Crippen molar-refractivity contribution in [2.24, 2.45) is 0 Å². The van der Waals surface area contributed by atoms with Crippen molar-refractivity contribution in [2.45, 2.75) is 0 Å². The van der Waals surface area contributed by atoms with E-state index in [1.165, 1.54) is 31.3 Å². The van der Waals surface area contributed by atoms with E-state index in [1.54, 1.807) is 0 Å². The second kappa shape index (κ2) is 13.3. The van der Waals surface area contributed by atoms with Crippen molar-refractivity contribution in [3.8, 4) is 67.5 Å². The maximum Gasteiger partial charge on any atom is 0.164 e. The van der Waals surface area contributed by atoms with Gasteiger partial charge in [0, 0.05) is 53.2 Å². The van der Waals surface area contributed by atoms with Crippen LogP contribution in [0.15, 0.2) is 192 Å². The van der Waals surface area contributed by atoms with Crippen LogP contribution in [0, 0.1) is 0 Å². The van der Waals surface area contributed by atoms with Crippen LogP contribution in [0.1, 0.15) is 0 Å². The monoisotopic (exact) mass is 733 g/mol. The van der Waals surface area contributed by atoms with Gasteiger partial charge in [-0.2, -0.15) is 0 Å². The summed E-state index contributed by atoms with van der Waals surface area (Å²) in [6.45, 7) is 0. The number of benzene rings is 8.